The summed E-state index contributed by atoms with van der Waals surface area (Å²) in [5, 5.41) is 17.2. The highest BCUT2D eigenvalue weighted by atomic mass is 79.9. The Morgan fingerprint density at radius 1 is 1.73 bits per heavy atom. The lowest BCUT2D eigenvalue weighted by atomic mass is 10.1. The first-order valence-corrected chi connectivity index (χ1v) is 4.05. The first-order valence-electron chi connectivity index (χ1n) is 3.25. The van der Waals surface area contributed by atoms with Gasteiger partial charge in [0.05, 0.1) is 18.3 Å². The van der Waals surface area contributed by atoms with Crippen molar-refractivity contribution >= 4 is 15.9 Å². The van der Waals surface area contributed by atoms with Crippen molar-refractivity contribution in [2.45, 2.75) is 26.0 Å². The molecular weight excluding hydrogens is 210 g/mol. The summed E-state index contributed by atoms with van der Waals surface area (Å²) in [5.74, 6) is 0. The lowest BCUT2D eigenvalue weighted by Gasteiger charge is -2.14. The predicted octanol–water partition coefficient (Wildman–Crippen LogP) is 0.812. The molecule has 0 atom stereocenters. The molecule has 0 amide bonds. The molecule has 0 aliphatic rings. The van der Waals surface area contributed by atoms with E-state index in [1.54, 1.807) is 20.0 Å². The summed E-state index contributed by atoms with van der Waals surface area (Å²) in [5.41, 5.74) is -0.765. The summed E-state index contributed by atoms with van der Waals surface area (Å²) in [6, 6.07) is 0. The Kier molecular flexibility index (Phi) is 2.29. The lowest BCUT2D eigenvalue weighted by molar-refractivity contribution is 0.0531. The molecule has 0 saturated heterocycles. The van der Waals surface area contributed by atoms with Gasteiger partial charge in [-0.3, -0.25) is 0 Å². The highest BCUT2D eigenvalue weighted by Crippen LogP contribution is 2.06. The first-order chi connectivity index (χ1) is 4.97. The largest absolute Gasteiger partial charge is 0.388 e. The molecule has 0 bridgehead atoms. The van der Waals surface area contributed by atoms with Crippen molar-refractivity contribution in [2.24, 2.45) is 0 Å². The Hall–Kier alpha value is -0.420. The first kappa shape index (κ1) is 8.67. The normalized spacial score (nSPS) is 12.0. The third kappa shape index (κ3) is 2.98. The van der Waals surface area contributed by atoms with Gasteiger partial charge in [0, 0.05) is 0 Å². The molecule has 5 heteroatoms. The van der Waals surface area contributed by atoms with Gasteiger partial charge in [0.15, 0.2) is 0 Å². The van der Waals surface area contributed by atoms with Gasteiger partial charge in [-0.25, -0.2) is 0 Å². The van der Waals surface area contributed by atoms with E-state index in [0.717, 1.165) is 0 Å². The average Bonchev–Trinajstić information content (AvgIpc) is 2.10. The smallest absolute Gasteiger partial charge is 0.148 e. The predicted molar refractivity (Wildman–Crippen MR) is 44.0 cm³/mol. The van der Waals surface area contributed by atoms with Gasteiger partial charge in [0.25, 0.3) is 0 Å². The van der Waals surface area contributed by atoms with Gasteiger partial charge >= 0.3 is 0 Å². The van der Waals surface area contributed by atoms with Gasteiger partial charge in [-0.05, 0) is 29.8 Å². The molecule has 1 heterocycles. The highest BCUT2D eigenvalue weighted by molar-refractivity contribution is 9.10. The van der Waals surface area contributed by atoms with Crippen LogP contribution in [0, 0.1) is 0 Å². The number of rotatable bonds is 2. The van der Waals surface area contributed by atoms with Crippen molar-refractivity contribution in [1.82, 2.24) is 15.0 Å². The SMILES string of the molecule is CC(C)(O)Cn1ncc(Br)n1. The van der Waals surface area contributed by atoms with E-state index < -0.39 is 5.60 Å². The van der Waals surface area contributed by atoms with Crippen molar-refractivity contribution in [3.05, 3.63) is 10.8 Å². The molecule has 0 aliphatic carbocycles. The van der Waals surface area contributed by atoms with E-state index in [4.69, 9.17) is 0 Å². The van der Waals surface area contributed by atoms with Crippen molar-refractivity contribution in [2.75, 3.05) is 0 Å². The minimum absolute atomic E-state index is 0.401. The maximum Gasteiger partial charge on any atom is 0.148 e. The zero-order chi connectivity index (χ0) is 8.48. The molecule has 1 rings (SSSR count). The van der Waals surface area contributed by atoms with E-state index in [1.807, 2.05) is 0 Å². The summed E-state index contributed by atoms with van der Waals surface area (Å²) >= 11 is 3.16. The fourth-order valence-electron chi connectivity index (χ4n) is 0.698. The number of hydrogen-bond acceptors (Lipinski definition) is 3. The van der Waals surface area contributed by atoms with Crippen molar-refractivity contribution in [3.63, 3.8) is 0 Å². The molecule has 0 aromatic carbocycles. The van der Waals surface area contributed by atoms with E-state index in [0.29, 0.717) is 11.1 Å². The average molecular weight is 220 g/mol. The summed E-state index contributed by atoms with van der Waals surface area (Å²) < 4.78 is 0.682. The van der Waals surface area contributed by atoms with Gasteiger partial charge in [-0.15, -0.1) is 5.10 Å². The second kappa shape index (κ2) is 2.91. The van der Waals surface area contributed by atoms with Crippen LogP contribution in [0.4, 0.5) is 0 Å². The lowest BCUT2D eigenvalue weighted by Crippen LogP contribution is -2.27. The number of halogens is 1. The minimum Gasteiger partial charge on any atom is -0.388 e. The molecule has 11 heavy (non-hydrogen) atoms. The molecule has 0 fully saturated rings. The van der Waals surface area contributed by atoms with Crippen LogP contribution >= 0.6 is 15.9 Å². The maximum absolute atomic E-state index is 9.36. The van der Waals surface area contributed by atoms with Crippen molar-refractivity contribution in [1.29, 1.82) is 0 Å². The van der Waals surface area contributed by atoms with Crippen LogP contribution in [0.2, 0.25) is 0 Å². The highest BCUT2D eigenvalue weighted by Gasteiger charge is 2.14. The number of aliphatic hydroxyl groups is 1. The van der Waals surface area contributed by atoms with E-state index in [1.165, 1.54) is 4.80 Å². The molecule has 0 aliphatic heterocycles. The van der Waals surface area contributed by atoms with Crippen LogP contribution in [0.25, 0.3) is 0 Å². The van der Waals surface area contributed by atoms with E-state index in [-0.39, 0.29) is 0 Å². The molecule has 1 aromatic heterocycles. The Balaban J connectivity index is 2.65. The van der Waals surface area contributed by atoms with E-state index in [9.17, 15) is 5.11 Å². The quantitative estimate of drug-likeness (QED) is 0.802. The van der Waals surface area contributed by atoms with Crippen LogP contribution in [0.15, 0.2) is 10.8 Å². The van der Waals surface area contributed by atoms with Gasteiger partial charge < -0.3 is 5.11 Å². The Bertz CT molecular complexity index is 240. The van der Waals surface area contributed by atoms with Crippen molar-refractivity contribution in [3.8, 4) is 0 Å². The topological polar surface area (TPSA) is 50.9 Å². The van der Waals surface area contributed by atoms with Crippen LogP contribution in [0.5, 0.6) is 0 Å². The molecule has 62 valence electrons. The zero-order valence-corrected chi connectivity index (χ0v) is 8.04. The number of nitrogens with zero attached hydrogens (tertiary/aromatic N) is 3. The van der Waals surface area contributed by atoms with Crippen molar-refractivity contribution < 1.29 is 5.11 Å². The van der Waals surface area contributed by atoms with E-state index >= 15 is 0 Å². The van der Waals surface area contributed by atoms with Crippen LogP contribution in [-0.4, -0.2) is 25.7 Å². The van der Waals surface area contributed by atoms with Gasteiger partial charge in [0.2, 0.25) is 0 Å². The zero-order valence-electron chi connectivity index (χ0n) is 6.45. The van der Waals surface area contributed by atoms with Crippen LogP contribution in [-0.2, 0) is 6.54 Å². The van der Waals surface area contributed by atoms with Gasteiger partial charge in [-0.1, -0.05) is 0 Å². The Morgan fingerprint density at radius 2 is 2.36 bits per heavy atom. The molecule has 4 nitrogen and oxygen atoms in total. The third-order valence-electron chi connectivity index (χ3n) is 1.04. The fraction of sp³-hybridized carbons (Fsp3) is 0.667. The second-order valence-corrected chi connectivity index (χ2v) is 3.82. The molecule has 0 saturated carbocycles. The summed E-state index contributed by atoms with van der Waals surface area (Å²) in [6.07, 6.45) is 1.59. The van der Waals surface area contributed by atoms with Gasteiger partial charge in [0.1, 0.15) is 4.60 Å². The number of aromatic nitrogens is 3. The Labute approximate surface area is 73.3 Å². The van der Waals surface area contributed by atoms with Crippen LogP contribution < -0.4 is 0 Å². The fourth-order valence-corrected chi connectivity index (χ4v) is 0.973. The molecule has 0 unspecified atom stereocenters. The maximum atomic E-state index is 9.36. The molecule has 0 radical (unpaired) electrons. The molecule has 1 N–H and O–H groups in total. The number of hydrogen-bond donors (Lipinski definition) is 1. The minimum atomic E-state index is -0.765. The molecule has 0 spiro atoms. The second-order valence-electron chi connectivity index (χ2n) is 3.01. The molecule has 1 aromatic rings. The monoisotopic (exact) mass is 219 g/mol. The summed E-state index contributed by atoms with van der Waals surface area (Å²) in [6.45, 7) is 3.83. The summed E-state index contributed by atoms with van der Waals surface area (Å²) in [4.78, 5) is 1.45. The molecular formula is C6H10BrN3O. The standard InChI is InChI=1S/C6H10BrN3O/c1-6(2,11)4-10-8-3-5(7)9-10/h3,11H,4H2,1-2H3. The Morgan fingerprint density at radius 3 is 2.73 bits per heavy atom. The van der Waals surface area contributed by atoms with Crippen LogP contribution in [0.3, 0.4) is 0 Å². The van der Waals surface area contributed by atoms with E-state index in [2.05, 4.69) is 26.1 Å². The van der Waals surface area contributed by atoms with Crippen LogP contribution in [0.1, 0.15) is 13.8 Å². The summed E-state index contributed by atoms with van der Waals surface area (Å²) in [7, 11) is 0. The third-order valence-corrected chi connectivity index (χ3v) is 1.40. The van der Waals surface area contributed by atoms with Gasteiger partial charge in [-0.2, -0.15) is 9.90 Å².